The van der Waals surface area contributed by atoms with Crippen molar-refractivity contribution < 1.29 is 14.3 Å². The molecular formula is C20H22BrN3O3S. The maximum absolute atomic E-state index is 12.4. The van der Waals surface area contributed by atoms with Crippen LogP contribution in [0.3, 0.4) is 0 Å². The molecule has 0 fully saturated rings. The third kappa shape index (κ3) is 6.31. The van der Waals surface area contributed by atoms with Crippen LogP contribution in [0.2, 0.25) is 0 Å². The van der Waals surface area contributed by atoms with Gasteiger partial charge >= 0.3 is 0 Å². The Morgan fingerprint density at radius 1 is 1.11 bits per heavy atom. The fraction of sp³-hybridized carbons (Fsp3) is 0.250. The first-order chi connectivity index (χ1) is 13.3. The van der Waals surface area contributed by atoms with Gasteiger partial charge in [0.1, 0.15) is 5.75 Å². The predicted octanol–water partition coefficient (Wildman–Crippen LogP) is 4.57. The molecule has 2 aromatic rings. The van der Waals surface area contributed by atoms with Crippen molar-refractivity contribution in [1.82, 2.24) is 5.32 Å². The number of hydrogen-bond acceptors (Lipinski definition) is 4. The van der Waals surface area contributed by atoms with Gasteiger partial charge in [0.25, 0.3) is 5.91 Å². The van der Waals surface area contributed by atoms with E-state index in [0.29, 0.717) is 33.8 Å². The molecule has 0 aliphatic carbocycles. The smallest absolute Gasteiger partial charge is 0.257 e. The Morgan fingerprint density at radius 2 is 1.79 bits per heavy atom. The summed E-state index contributed by atoms with van der Waals surface area (Å²) in [5, 5.41) is 8.55. The second-order valence-electron chi connectivity index (χ2n) is 6.21. The summed E-state index contributed by atoms with van der Waals surface area (Å²) >= 11 is 8.60. The largest absolute Gasteiger partial charge is 0.493 e. The molecule has 0 aliphatic rings. The lowest BCUT2D eigenvalue weighted by molar-refractivity contribution is -0.118. The van der Waals surface area contributed by atoms with Gasteiger partial charge in [-0.1, -0.05) is 19.9 Å². The van der Waals surface area contributed by atoms with Crippen molar-refractivity contribution in [3.05, 3.63) is 52.5 Å². The van der Waals surface area contributed by atoms with Gasteiger partial charge in [-0.05, 0) is 71.5 Å². The predicted molar refractivity (Wildman–Crippen MR) is 119 cm³/mol. The van der Waals surface area contributed by atoms with Gasteiger partial charge in [0.15, 0.2) is 5.11 Å². The molecule has 0 atom stereocenters. The Bertz CT molecular complexity index is 887. The maximum atomic E-state index is 12.4. The van der Waals surface area contributed by atoms with E-state index < -0.39 is 0 Å². The van der Waals surface area contributed by atoms with Crippen LogP contribution in [-0.2, 0) is 4.79 Å². The summed E-state index contributed by atoms with van der Waals surface area (Å²) < 4.78 is 6.13. The lowest BCUT2D eigenvalue weighted by atomic mass is 10.2. The first-order valence-electron chi connectivity index (χ1n) is 8.75. The quantitative estimate of drug-likeness (QED) is 0.546. The summed E-state index contributed by atoms with van der Waals surface area (Å²) in [6, 6.07) is 12.2. The summed E-state index contributed by atoms with van der Waals surface area (Å²) in [5.74, 6) is 0.130. The molecule has 2 rings (SSSR count). The number of anilines is 2. The number of thiocarbonyl (C=S) groups is 1. The summed E-state index contributed by atoms with van der Waals surface area (Å²) in [7, 11) is 0. The Kier molecular flexibility index (Phi) is 7.95. The van der Waals surface area contributed by atoms with E-state index in [1.54, 1.807) is 42.5 Å². The zero-order chi connectivity index (χ0) is 20.7. The number of carbonyl (C=O) groups is 2. The number of hydrogen-bond donors (Lipinski definition) is 3. The van der Waals surface area contributed by atoms with E-state index in [0.717, 1.165) is 0 Å². The van der Waals surface area contributed by atoms with Gasteiger partial charge in [-0.2, -0.15) is 0 Å². The summed E-state index contributed by atoms with van der Waals surface area (Å²) in [6.07, 6.45) is 0. The third-order valence-corrected chi connectivity index (χ3v) is 4.46. The van der Waals surface area contributed by atoms with Crippen LogP contribution in [0.15, 0.2) is 46.9 Å². The SMILES string of the molecule is CCOc1ccc(C(=O)NC(=S)Nc2cccc(NC(=O)C(C)C)c2)cc1Br. The molecule has 6 nitrogen and oxygen atoms in total. The Balaban J connectivity index is 1.99. The standard InChI is InChI=1S/C20H22BrN3O3S/c1-4-27-17-9-8-13(10-16(17)21)19(26)24-20(28)23-15-7-5-6-14(11-15)22-18(25)12(2)3/h5-12H,4H2,1-3H3,(H,22,25)(H2,23,24,26,28). The van der Waals surface area contributed by atoms with Crippen LogP contribution in [0.5, 0.6) is 5.75 Å². The minimum absolute atomic E-state index is 0.0749. The fourth-order valence-electron chi connectivity index (χ4n) is 2.21. The first-order valence-corrected chi connectivity index (χ1v) is 9.96. The molecule has 148 valence electrons. The number of amides is 2. The number of carbonyl (C=O) groups excluding carboxylic acids is 2. The van der Waals surface area contributed by atoms with Gasteiger partial charge in [0, 0.05) is 22.9 Å². The highest BCUT2D eigenvalue weighted by atomic mass is 79.9. The molecule has 0 bridgehead atoms. The highest BCUT2D eigenvalue weighted by molar-refractivity contribution is 9.10. The molecule has 0 unspecified atom stereocenters. The van der Waals surface area contributed by atoms with Crippen LogP contribution in [0.4, 0.5) is 11.4 Å². The van der Waals surface area contributed by atoms with Crippen molar-refractivity contribution >= 4 is 56.4 Å². The molecule has 0 saturated heterocycles. The number of ether oxygens (including phenoxy) is 1. The fourth-order valence-corrected chi connectivity index (χ4v) is 2.92. The van der Waals surface area contributed by atoms with E-state index in [9.17, 15) is 9.59 Å². The number of benzene rings is 2. The van der Waals surface area contributed by atoms with Crippen LogP contribution >= 0.6 is 28.1 Å². The highest BCUT2D eigenvalue weighted by Crippen LogP contribution is 2.26. The molecule has 28 heavy (non-hydrogen) atoms. The third-order valence-electron chi connectivity index (χ3n) is 3.63. The monoisotopic (exact) mass is 463 g/mol. The lowest BCUT2D eigenvalue weighted by Gasteiger charge is -2.13. The molecule has 0 aliphatic heterocycles. The van der Waals surface area contributed by atoms with E-state index in [4.69, 9.17) is 17.0 Å². The van der Waals surface area contributed by atoms with Crippen LogP contribution in [0, 0.1) is 5.92 Å². The normalized spacial score (nSPS) is 10.3. The van der Waals surface area contributed by atoms with Crippen molar-refractivity contribution in [2.75, 3.05) is 17.2 Å². The van der Waals surface area contributed by atoms with Crippen molar-refractivity contribution in [3.8, 4) is 5.75 Å². The van der Waals surface area contributed by atoms with E-state index in [1.807, 2.05) is 20.8 Å². The second kappa shape index (κ2) is 10.2. The van der Waals surface area contributed by atoms with Crippen LogP contribution in [-0.4, -0.2) is 23.5 Å². The molecule has 0 aromatic heterocycles. The molecule has 0 spiro atoms. The van der Waals surface area contributed by atoms with E-state index >= 15 is 0 Å². The van der Waals surface area contributed by atoms with Gasteiger partial charge in [-0.25, -0.2) is 0 Å². The zero-order valence-electron chi connectivity index (χ0n) is 15.8. The number of nitrogens with one attached hydrogen (secondary N) is 3. The molecular weight excluding hydrogens is 442 g/mol. The van der Waals surface area contributed by atoms with E-state index in [-0.39, 0.29) is 22.8 Å². The Labute approximate surface area is 178 Å². The van der Waals surface area contributed by atoms with Gasteiger partial charge in [0.05, 0.1) is 11.1 Å². The first kappa shape index (κ1) is 21.8. The summed E-state index contributed by atoms with van der Waals surface area (Å²) in [4.78, 5) is 24.2. The Hall–Kier alpha value is -2.45. The molecule has 2 amide bonds. The van der Waals surface area contributed by atoms with E-state index in [1.165, 1.54) is 0 Å². The average molecular weight is 464 g/mol. The summed E-state index contributed by atoms with van der Waals surface area (Å²) in [5.41, 5.74) is 1.74. The van der Waals surface area contributed by atoms with Crippen molar-refractivity contribution in [1.29, 1.82) is 0 Å². The van der Waals surface area contributed by atoms with Crippen molar-refractivity contribution in [3.63, 3.8) is 0 Å². The van der Waals surface area contributed by atoms with Crippen LogP contribution in [0.25, 0.3) is 0 Å². The Morgan fingerprint density at radius 3 is 2.39 bits per heavy atom. The highest BCUT2D eigenvalue weighted by Gasteiger charge is 2.12. The van der Waals surface area contributed by atoms with E-state index in [2.05, 4.69) is 31.9 Å². The zero-order valence-corrected chi connectivity index (χ0v) is 18.2. The minimum atomic E-state index is -0.342. The molecule has 0 saturated carbocycles. The van der Waals surface area contributed by atoms with Crippen molar-refractivity contribution in [2.45, 2.75) is 20.8 Å². The number of halogens is 1. The second-order valence-corrected chi connectivity index (χ2v) is 7.47. The topological polar surface area (TPSA) is 79.5 Å². The maximum Gasteiger partial charge on any atom is 0.257 e. The average Bonchev–Trinajstić information content (AvgIpc) is 2.63. The van der Waals surface area contributed by atoms with Crippen LogP contribution < -0.4 is 20.7 Å². The van der Waals surface area contributed by atoms with Gasteiger partial charge in [-0.15, -0.1) is 0 Å². The van der Waals surface area contributed by atoms with Crippen molar-refractivity contribution in [2.24, 2.45) is 5.92 Å². The van der Waals surface area contributed by atoms with Gasteiger partial charge in [0.2, 0.25) is 5.91 Å². The lowest BCUT2D eigenvalue weighted by Crippen LogP contribution is -2.34. The summed E-state index contributed by atoms with van der Waals surface area (Å²) in [6.45, 7) is 6.07. The minimum Gasteiger partial charge on any atom is -0.493 e. The van der Waals surface area contributed by atoms with Gasteiger partial charge in [-0.3, -0.25) is 14.9 Å². The molecule has 8 heteroatoms. The van der Waals surface area contributed by atoms with Crippen LogP contribution in [0.1, 0.15) is 31.1 Å². The number of rotatable bonds is 6. The molecule has 0 radical (unpaired) electrons. The van der Waals surface area contributed by atoms with Gasteiger partial charge < -0.3 is 15.4 Å². The molecule has 0 heterocycles. The molecule has 2 aromatic carbocycles. The molecule has 3 N–H and O–H groups in total.